The summed E-state index contributed by atoms with van der Waals surface area (Å²) in [7, 11) is 1.80. The number of anilines is 1. The molecule has 0 radical (unpaired) electrons. The molecule has 0 spiro atoms. The van der Waals surface area contributed by atoms with E-state index in [1.54, 1.807) is 71.3 Å². The summed E-state index contributed by atoms with van der Waals surface area (Å²) in [6, 6.07) is 11.8. The van der Waals surface area contributed by atoms with Gasteiger partial charge in [-0.05, 0) is 32.0 Å². The number of hydrogen-bond acceptors (Lipinski definition) is 7. The van der Waals surface area contributed by atoms with Crippen LogP contribution in [0.1, 0.15) is 30.0 Å². The van der Waals surface area contributed by atoms with Gasteiger partial charge in [0, 0.05) is 68.1 Å². The second kappa shape index (κ2) is 9.89. The molecule has 0 unspecified atom stereocenters. The molecule has 1 aliphatic heterocycles. The first-order chi connectivity index (χ1) is 19.4. The van der Waals surface area contributed by atoms with Crippen LogP contribution in [0.5, 0.6) is 0 Å². The first kappa shape index (κ1) is 25.2. The maximum atomic E-state index is 15.2. The average molecular weight is 536 g/mol. The molecule has 1 fully saturated rings. The molecule has 200 valence electrons. The molecule has 1 aliphatic rings. The van der Waals surface area contributed by atoms with Crippen LogP contribution in [0.25, 0.3) is 28.0 Å². The predicted octanol–water partition coefficient (Wildman–Crippen LogP) is 3.97. The second-order valence-corrected chi connectivity index (χ2v) is 9.97. The van der Waals surface area contributed by atoms with Gasteiger partial charge in [-0.15, -0.1) is 0 Å². The lowest BCUT2D eigenvalue weighted by molar-refractivity contribution is 0.0628. The summed E-state index contributed by atoms with van der Waals surface area (Å²) in [5.41, 5.74) is 2.00. The van der Waals surface area contributed by atoms with Crippen LogP contribution in [-0.4, -0.2) is 65.1 Å². The fourth-order valence-electron chi connectivity index (χ4n) is 5.35. The number of carbonyl (C=O) groups excluding carboxylic acids is 1. The zero-order valence-corrected chi connectivity index (χ0v) is 22.2. The first-order valence-corrected chi connectivity index (χ1v) is 12.9. The fraction of sp³-hybridized carbons (Fsp3) is 0.241. The maximum absolute atomic E-state index is 15.2. The Morgan fingerprint density at radius 2 is 1.85 bits per heavy atom. The molecular weight excluding hydrogens is 509 g/mol. The molecule has 1 amide bonds. The van der Waals surface area contributed by atoms with E-state index in [1.165, 1.54) is 12.4 Å². The van der Waals surface area contributed by atoms with Crippen LogP contribution in [0.4, 0.5) is 10.2 Å². The van der Waals surface area contributed by atoms with Crippen molar-refractivity contribution in [2.24, 2.45) is 7.05 Å². The van der Waals surface area contributed by atoms with Crippen molar-refractivity contribution >= 4 is 22.8 Å². The van der Waals surface area contributed by atoms with Gasteiger partial charge in [-0.2, -0.15) is 5.26 Å². The highest BCUT2D eigenvalue weighted by atomic mass is 19.1. The summed E-state index contributed by atoms with van der Waals surface area (Å²) >= 11 is 0. The van der Waals surface area contributed by atoms with E-state index in [9.17, 15) is 10.1 Å². The number of fused-ring (bicyclic) bond motifs is 1. The van der Waals surface area contributed by atoms with Crippen molar-refractivity contribution in [1.82, 2.24) is 34.0 Å². The van der Waals surface area contributed by atoms with Crippen LogP contribution in [0.15, 0.2) is 67.5 Å². The van der Waals surface area contributed by atoms with Crippen molar-refractivity contribution in [2.75, 3.05) is 18.0 Å². The van der Waals surface area contributed by atoms with Crippen molar-refractivity contribution in [1.29, 1.82) is 5.26 Å². The van der Waals surface area contributed by atoms with E-state index >= 15 is 4.39 Å². The summed E-state index contributed by atoms with van der Waals surface area (Å²) in [6.45, 7) is 5.00. The Balaban J connectivity index is 1.48. The third kappa shape index (κ3) is 4.14. The third-order valence-corrected chi connectivity index (χ3v) is 7.38. The van der Waals surface area contributed by atoms with E-state index < -0.39 is 0 Å². The highest BCUT2D eigenvalue weighted by Gasteiger charge is 2.36. The Morgan fingerprint density at radius 3 is 2.60 bits per heavy atom. The van der Waals surface area contributed by atoms with Crippen LogP contribution in [0, 0.1) is 17.1 Å². The number of benzene rings is 1. The molecule has 11 heteroatoms. The molecule has 0 bridgehead atoms. The number of halogens is 1. The molecule has 0 saturated carbocycles. The molecule has 40 heavy (non-hydrogen) atoms. The second-order valence-electron chi connectivity index (χ2n) is 9.97. The Hall–Kier alpha value is -5.11. The lowest BCUT2D eigenvalue weighted by atomic mass is 10.0. The number of nitriles is 1. The highest BCUT2D eigenvalue weighted by molar-refractivity contribution is 6.02. The molecule has 2 atom stereocenters. The number of aryl methyl sites for hydroxylation is 1. The summed E-state index contributed by atoms with van der Waals surface area (Å²) < 4.78 is 18.7. The largest absolute Gasteiger partial charge is 0.349 e. The van der Waals surface area contributed by atoms with Crippen molar-refractivity contribution in [3.05, 3.63) is 84.7 Å². The van der Waals surface area contributed by atoms with Crippen LogP contribution < -0.4 is 4.90 Å². The van der Waals surface area contributed by atoms with E-state index in [0.717, 1.165) is 0 Å². The number of nitrogens with zero attached hydrogens (tertiary/aromatic N) is 9. The molecule has 1 aromatic carbocycles. The van der Waals surface area contributed by atoms with Gasteiger partial charge in [0.15, 0.2) is 11.5 Å². The van der Waals surface area contributed by atoms with Gasteiger partial charge in [-0.25, -0.2) is 24.3 Å². The van der Waals surface area contributed by atoms with Gasteiger partial charge in [0.05, 0.1) is 17.0 Å². The number of amides is 1. The Morgan fingerprint density at radius 1 is 1.02 bits per heavy atom. The number of piperazine rings is 1. The summed E-state index contributed by atoms with van der Waals surface area (Å²) in [4.78, 5) is 35.3. The van der Waals surface area contributed by atoms with Crippen LogP contribution in [-0.2, 0) is 7.05 Å². The van der Waals surface area contributed by atoms with E-state index in [1.807, 2.05) is 18.7 Å². The number of pyridine rings is 1. The van der Waals surface area contributed by atoms with Gasteiger partial charge in [0.25, 0.3) is 5.91 Å². The number of hydrogen-bond donors (Lipinski definition) is 0. The zero-order chi connectivity index (χ0) is 28.0. The Bertz CT molecular complexity index is 1790. The highest BCUT2D eigenvalue weighted by Crippen LogP contribution is 2.39. The Kier molecular flexibility index (Phi) is 6.23. The van der Waals surface area contributed by atoms with E-state index in [0.29, 0.717) is 58.3 Å². The predicted molar refractivity (Wildman–Crippen MR) is 147 cm³/mol. The zero-order valence-electron chi connectivity index (χ0n) is 22.2. The van der Waals surface area contributed by atoms with Gasteiger partial charge >= 0.3 is 0 Å². The van der Waals surface area contributed by atoms with Gasteiger partial charge in [0.1, 0.15) is 23.8 Å². The van der Waals surface area contributed by atoms with Gasteiger partial charge in [0.2, 0.25) is 0 Å². The smallest absolute Gasteiger partial charge is 0.290 e. The lowest BCUT2D eigenvalue weighted by Crippen LogP contribution is -2.58. The minimum atomic E-state index is -0.373. The van der Waals surface area contributed by atoms with Crippen LogP contribution >= 0.6 is 0 Å². The lowest BCUT2D eigenvalue weighted by Gasteiger charge is -2.44. The molecule has 1 saturated heterocycles. The number of carbonyl (C=O) groups is 1. The first-order valence-electron chi connectivity index (χ1n) is 12.9. The molecule has 4 aromatic heterocycles. The normalized spacial score (nSPS) is 17.3. The van der Waals surface area contributed by atoms with Crippen molar-refractivity contribution in [3.8, 4) is 23.0 Å². The number of rotatable bonds is 4. The minimum Gasteiger partial charge on any atom is -0.349 e. The number of imidazole rings is 1. The molecule has 6 rings (SSSR count). The van der Waals surface area contributed by atoms with Crippen LogP contribution in [0.2, 0.25) is 0 Å². The molecule has 0 aliphatic carbocycles. The fourth-order valence-corrected chi connectivity index (χ4v) is 5.35. The average Bonchev–Trinajstić information content (AvgIpc) is 3.58. The van der Waals surface area contributed by atoms with Crippen molar-refractivity contribution < 1.29 is 9.18 Å². The van der Waals surface area contributed by atoms with Gasteiger partial charge in [-0.3, -0.25) is 9.36 Å². The van der Waals surface area contributed by atoms with Gasteiger partial charge in [-0.1, -0.05) is 18.2 Å². The van der Waals surface area contributed by atoms with Crippen LogP contribution in [0.3, 0.4) is 0 Å². The van der Waals surface area contributed by atoms with Crippen molar-refractivity contribution in [2.45, 2.75) is 25.9 Å². The summed E-state index contributed by atoms with van der Waals surface area (Å²) in [6.07, 6.45) is 8.21. The van der Waals surface area contributed by atoms with E-state index in [2.05, 4.69) is 25.9 Å². The molecule has 0 N–H and O–H groups in total. The Labute approximate surface area is 230 Å². The minimum absolute atomic E-state index is 0.101. The van der Waals surface area contributed by atoms with E-state index in [4.69, 9.17) is 4.98 Å². The third-order valence-electron chi connectivity index (χ3n) is 7.38. The topological polar surface area (TPSA) is 109 Å². The standard InChI is InChI=1S/C29H26FN9O/c1-18-15-38(29(40)28-33-10-11-36(28)3)19(2)14-37(18)26-25-22(21-6-4-5-7-23(21)30)16-39(27(25)35-17-34-26)24-12-20(13-31)8-9-32-24/h4-12,16-19H,14-15H2,1-3H3/t18-,19+/m0/s1. The summed E-state index contributed by atoms with van der Waals surface area (Å²) in [5, 5.41) is 10.1. The van der Waals surface area contributed by atoms with Gasteiger partial charge < -0.3 is 14.4 Å². The monoisotopic (exact) mass is 535 g/mol. The molecular formula is C29H26FN9O. The van der Waals surface area contributed by atoms with Crippen molar-refractivity contribution in [3.63, 3.8) is 0 Å². The molecule has 5 heterocycles. The quantitative estimate of drug-likeness (QED) is 0.343. The molecule has 5 aromatic rings. The maximum Gasteiger partial charge on any atom is 0.290 e. The summed E-state index contributed by atoms with van der Waals surface area (Å²) in [5.74, 6) is 1.02. The SMILES string of the molecule is C[C@@H]1CN(c2ncnc3c2c(-c2ccccc2F)cn3-c2cc(C#N)ccn2)[C@@H](C)CN1C(=O)c1nccn1C. The number of aromatic nitrogens is 6. The molecule has 10 nitrogen and oxygen atoms in total. The van der Waals surface area contributed by atoms with E-state index in [-0.39, 0.29) is 23.8 Å².